The van der Waals surface area contributed by atoms with E-state index >= 15 is 0 Å². The van der Waals surface area contributed by atoms with Crippen LogP contribution in [0.2, 0.25) is 0 Å². The Balaban J connectivity index is 2.30. The summed E-state index contributed by atoms with van der Waals surface area (Å²) in [6.07, 6.45) is 6.59. The van der Waals surface area contributed by atoms with Crippen LogP contribution in [0, 0.1) is 12.3 Å². The summed E-state index contributed by atoms with van der Waals surface area (Å²) in [6.45, 7) is 0.00646. The number of nitrogens with zero attached hydrogens (tertiary/aromatic N) is 2. The fraction of sp³-hybridized carbons (Fsp3) is 0.154. The lowest BCUT2D eigenvalue weighted by Crippen LogP contribution is -2.33. The number of rotatable bonds is 3. The highest BCUT2D eigenvalue weighted by atomic mass is 16.2. The molecule has 0 fully saturated rings. The van der Waals surface area contributed by atoms with E-state index < -0.39 is 0 Å². The van der Waals surface area contributed by atoms with E-state index in [-0.39, 0.29) is 24.6 Å². The molecular weight excluding hydrogens is 230 g/mol. The summed E-state index contributed by atoms with van der Waals surface area (Å²) in [5, 5.41) is 7.72. The molecule has 2 rings (SSSR count). The quantitative estimate of drug-likeness (QED) is 0.778. The minimum absolute atomic E-state index is 0.134. The summed E-state index contributed by atoms with van der Waals surface area (Å²) >= 11 is 0. The normalized spacial score (nSPS) is 9.94. The van der Waals surface area contributed by atoms with Crippen LogP contribution in [-0.2, 0) is 11.3 Å². The van der Waals surface area contributed by atoms with E-state index in [1.165, 1.54) is 0 Å². The highest BCUT2D eigenvalue weighted by molar-refractivity contribution is 5.81. The van der Waals surface area contributed by atoms with E-state index in [4.69, 9.17) is 6.42 Å². The maximum atomic E-state index is 12.0. The fourth-order valence-electron chi connectivity index (χ4n) is 1.58. The second kappa shape index (κ2) is 5.15. The van der Waals surface area contributed by atoms with Gasteiger partial charge in [-0.05, 0) is 6.07 Å². The lowest BCUT2D eigenvalue weighted by atomic mass is 10.2. The third kappa shape index (κ3) is 2.38. The van der Waals surface area contributed by atoms with Gasteiger partial charge in [-0.2, -0.15) is 5.10 Å². The maximum absolute atomic E-state index is 12.0. The Hall–Kier alpha value is -2.61. The average molecular weight is 241 g/mol. The Morgan fingerprint density at radius 3 is 3.00 bits per heavy atom. The zero-order valence-electron chi connectivity index (χ0n) is 9.59. The minimum atomic E-state index is -0.335. The molecule has 5 nitrogen and oxygen atoms in total. The molecule has 0 aliphatic carbocycles. The molecule has 2 aromatic rings. The van der Waals surface area contributed by atoms with Crippen molar-refractivity contribution in [2.45, 2.75) is 6.54 Å². The van der Waals surface area contributed by atoms with Gasteiger partial charge in [0.05, 0.1) is 18.1 Å². The molecule has 0 unspecified atom stereocenters. The molecule has 1 amide bonds. The monoisotopic (exact) mass is 241 g/mol. The van der Waals surface area contributed by atoms with Crippen molar-refractivity contribution in [3.05, 3.63) is 40.8 Å². The third-order valence-corrected chi connectivity index (χ3v) is 2.44. The Morgan fingerprint density at radius 2 is 2.22 bits per heavy atom. The molecule has 5 heteroatoms. The molecule has 1 aromatic carbocycles. The van der Waals surface area contributed by atoms with Gasteiger partial charge in [0.25, 0.3) is 5.56 Å². The number of amides is 1. The lowest BCUT2D eigenvalue weighted by Gasteiger charge is -2.05. The molecular formula is C13H11N3O2. The second-order valence-corrected chi connectivity index (χ2v) is 3.68. The number of fused-ring (bicyclic) bond motifs is 1. The topological polar surface area (TPSA) is 64.0 Å². The summed E-state index contributed by atoms with van der Waals surface area (Å²) < 4.78 is 1.12. The van der Waals surface area contributed by atoms with Crippen LogP contribution in [0.3, 0.4) is 0 Å². The first kappa shape index (κ1) is 11.9. The van der Waals surface area contributed by atoms with Gasteiger partial charge in [0.1, 0.15) is 6.54 Å². The highest BCUT2D eigenvalue weighted by Gasteiger charge is 2.07. The molecule has 0 bridgehead atoms. The summed E-state index contributed by atoms with van der Waals surface area (Å²) in [5.41, 5.74) is -0.288. The maximum Gasteiger partial charge on any atom is 0.275 e. The van der Waals surface area contributed by atoms with Crippen molar-refractivity contribution in [1.82, 2.24) is 15.1 Å². The van der Waals surface area contributed by atoms with Crippen LogP contribution in [0.25, 0.3) is 10.8 Å². The number of terminal acetylenes is 1. The van der Waals surface area contributed by atoms with Crippen LogP contribution in [0.5, 0.6) is 0 Å². The van der Waals surface area contributed by atoms with E-state index in [0.717, 1.165) is 10.1 Å². The van der Waals surface area contributed by atoms with Gasteiger partial charge in [0, 0.05) is 5.39 Å². The number of carbonyl (C=O) groups excluding carboxylic acids is 1. The number of aromatic nitrogens is 2. The number of carbonyl (C=O) groups is 1. The van der Waals surface area contributed by atoms with E-state index in [1.54, 1.807) is 24.4 Å². The molecule has 1 N–H and O–H groups in total. The Morgan fingerprint density at radius 1 is 1.44 bits per heavy atom. The Labute approximate surface area is 103 Å². The van der Waals surface area contributed by atoms with Gasteiger partial charge in [-0.15, -0.1) is 6.42 Å². The molecule has 0 aliphatic heterocycles. The number of hydrogen-bond donors (Lipinski definition) is 1. The van der Waals surface area contributed by atoms with Gasteiger partial charge in [0.2, 0.25) is 5.91 Å². The predicted molar refractivity (Wildman–Crippen MR) is 67.8 cm³/mol. The third-order valence-electron chi connectivity index (χ3n) is 2.44. The Kier molecular flexibility index (Phi) is 3.39. The van der Waals surface area contributed by atoms with Crippen molar-refractivity contribution >= 4 is 16.7 Å². The highest BCUT2D eigenvalue weighted by Crippen LogP contribution is 2.05. The molecule has 0 radical (unpaired) electrons. The van der Waals surface area contributed by atoms with Crippen LogP contribution < -0.4 is 10.9 Å². The van der Waals surface area contributed by atoms with Crippen molar-refractivity contribution in [3.8, 4) is 12.3 Å². The van der Waals surface area contributed by atoms with Gasteiger partial charge in [-0.1, -0.05) is 24.1 Å². The molecule has 0 saturated carbocycles. The molecule has 1 aromatic heterocycles. The minimum Gasteiger partial charge on any atom is -0.344 e. The first-order valence-corrected chi connectivity index (χ1v) is 5.37. The van der Waals surface area contributed by atoms with E-state index in [0.29, 0.717) is 5.39 Å². The van der Waals surface area contributed by atoms with Crippen LogP contribution >= 0.6 is 0 Å². The largest absolute Gasteiger partial charge is 0.344 e. The first-order chi connectivity index (χ1) is 8.72. The lowest BCUT2D eigenvalue weighted by molar-refractivity contribution is -0.121. The number of benzene rings is 1. The number of nitrogens with one attached hydrogen (secondary N) is 1. The molecule has 90 valence electrons. The van der Waals surface area contributed by atoms with Crippen molar-refractivity contribution in [1.29, 1.82) is 0 Å². The fourth-order valence-corrected chi connectivity index (χ4v) is 1.58. The van der Waals surface area contributed by atoms with Gasteiger partial charge in [0.15, 0.2) is 0 Å². The molecule has 0 atom stereocenters. The molecule has 1 heterocycles. The van der Waals surface area contributed by atoms with Crippen molar-refractivity contribution in [3.63, 3.8) is 0 Å². The summed E-state index contributed by atoms with van der Waals surface area (Å²) in [4.78, 5) is 23.5. The predicted octanol–water partition coefficient (Wildman–Crippen LogP) is 0.146. The molecule has 0 saturated heterocycles. The van der Waals surface area contributed by atoms with Crippen molar-refractivity contribution in [2.24, 2.45) is 0 Å². The zero-order valence-corrected chi connectivity index (χ0v) is 9.59. The first-order valence-electron chi connectivity index (χ1n) is 5.37. The average Bonchev–Trinajstić information content (AvgIpc) is 2.40. The standard InChI is InChI=1S/C13H11N3O2/c1-2-7-14-12(17)9-16-13(18)11-6-4-3-5-10(11)8-15-16/h1,3-6,8H,7,9H2,(H,14,17). The molecule has 0 aliphatic rings. The van der Waals surface area contributed by atoms with Gasteiger partial charge >= 0.3 is 0 Å². The summed E-state index contributed by atoms with van der Waals surface area (Å²) in [5.74, 6) is 1.95. The van der Waals surface area contributed by atoms with Crippen molar-refractivity contribution in [2.75, 3.05) is 6.54 Å². The van der Waals surface area contributed by atoms with Crippen LogP contribution in [0.1, 0.15) is 0 Å². The number of hydrogen-bond acceptors (Lipinski definition) is 3. The molecule has 18 heavy (non-hydrogen) atoms. The van der Waals surface area contributed by atoms with E-state index in [2.05, 4.69) is 16.3 Å². The van der Waals surface area contributed by atoms with Gasteiger partial charge < -0.3 is 5.32 Å². The van der Waals surface area contributed by atoms with Crippen LogP contribution in [0.4, 0.5) is 0 Å². The van der Waals surface area contributed by atoms with E-state index in [1.807, 2.05) is 6.07 Å². The Bertz CT molecular complexity index is 682. The summed E-state index contributed by atoms with van der Waals surface area (Å²) in [7, 11) is 0. The smallest absolute Gasteiger partial charge is 0.275 e. The van der Waals surface area contributed by atoms with Gasteiger partial charge in [-0.25, -0.2) is 4.68 Å². The molecule has 0 spiro atoms. The summed E-state index contributed by atoms with van der Waals surface area (Å²) in [6, 6.07) is 7.10. The van der Waals surface area contributed by atoms with Crippen LogP contribution in [-0.4, -0.2) is 22.2 Å². The van der Waals surface area contributed by atoms with Gasteiger partial charge in [-0.3, -0.25) is 9.59 Å². The zero-order chi connectivity index (χ0) is 13.0. The van der Waals surface area contributed by atoms with Crippen molar-refractivity contribution < 1.29 is 4.79 Å². The second-order valence-electron chi connectivity index (χ2n) is 3.68. The SMILES string of the molecule is C#CCNC(=O)Cn1ncc2ccccc2c1=O. The van der Waals surface area contributed by atoms with Crippen LogP contribution in [0.15, 0.2) is 35.3 Å². The van der Waals surface area contributed by atoms with E-state index in [9.17, 15) is 9.59 Å².